The highest BCUT2D eigenvalue weighted by Crippen LogP contribution is 2.48. The minimum Gasteiger partial charge on any atom is -0.273 e. The monoisotopic (exact) mass is 276 g/mol. The molecule has 2 saturated carbocycles. The quantitative estimate of drug-likeness (QED) is 0.812. The van der Waals surface area contributed by atoms with Crippen molar-refractivity contribution in [3.05, 3.63) is 35.6 Å². The molecule has 0 aliphatic heterocycles. The Hall–Kier alpha value is -1.91. The van der Waals surface area contributed by atoms with E-state index in [1.54, 1.807) is 0 Å². The zero-order valence-corrected chi connectivity index (χ0v) is 11.1. The van der Waals surface area contributed by atoms with Crippen molar-refractivity contribution in [2.24, 2.45) is 17.8 Å². The lowest BCUT2D eigenvalue weighted by atomic mass is 9.88. The first-order chi connectivity index (χ1) is 9.63. The molecule has 4 nitrogen and oxygen atoms in total. The van der Waals surface area contributed by atoms with Crippen molar-refractivity contribution in [1.82, 2.24) is 10.9 Å². The summed E-state index contributed by atoms with van der Waals surface area (Å²) >= 11 is 0. The molecule has 2 N–H and O–H groups in total. The molecule has 0 saturated heterocycles. The van der Waals surface area contributed by atoms with Gasteiger partial charge in [-0.1, -0.05) is 6.42 Å². The van der Waals surface area contributed by atoms with Gasteiger partial charge in [0.25, 0.3) is 5.91 Å². The van der Waals surface area contributed by atoms with Gasteiger partial charge in [-0.15, -0.1) is 0 Å². The molecule has 2 amide bonds. The molecule has 0 heterocycles. The largest absolute Gasteiger partial charge is 0.273 e. The Morgan fingerprint density at radius 1 is 1.05 bits per heavy atom. The average molecular weight is 276 g/mol. The fraction of sp³-hybridized carbons (Fsp3) is 0.467. The topological polar surface area (TPSA) is 58.2 Å². The van der Waals surface area contributed by atoms with Crippen LogP contribution in [0.5, 0.6) is 0 Å². The third-order valence-corrected chi connectivity index (χ3v) is 4.48. The van der Waals surface area contributed by atoms with Crippen LogP contribution >= 0.6 is 0 Å². The number of amides is 2. The van der Waals surface area contributed by atoms with Crippen LogP contribution in [0.25, 0.3) is 0 Å². The van der Waals surface area contributed by atoms with Crippen molar-refractivity contribution in [1.29, 1.82) is 0 Å². The Morgan fingerprint density at radius 2 is 1.80 bits per heavy atom. The lowest BCUT2D eigenvalue weighted by Crippen LogP contribution is -2.45. The summed E-state index contributed by atoms with van der Waals surface area (Å²) in [6.45, 7) is 0. The van der Waals surface area contributed by atoms with E-state index in [1.165, 1.54) is 30.7 Å². The number of hydrazine groups is 1. The number of hydrogen-bond acceptors (Lipinski definition) is 2. The smallest absolute Gasteiger partial charge is 0.269 e. The van der Waals surface area contributed by atoms with Crippen molar-refractivity contribution >= 4 is 11.8 Å². The number of fused-ring (bicyclic) bond motifs is 2. The molecular formula is C15H17FN2O2. The summed E-state index contributed by atoms with van der Waals surface area (Å²) in [6, 6.07) is 5.20. The van der Waals surface area contributed by atoms with Gasteiger partial charge in [-0.2, -0.15) is 0 Å². The molecule has 0 radical (unpaired) electrons. The molecule has 2 fully saturated rings. The van der Waals surface area contributed by atoms with Crippen LogP contribution in [-0.2, 0) is 4.79 Å². The number of carbonyl (C=O) groups excluding carboxylic acids is 2. The fourth-order valence-electron chi connectivity index (χ4n) is 3.45. The zero-order chi connectivity index (χ0) is 14.1. The maximum Gasteiger partial charge on any atom is 0.269 e. The van der Waals surface area contributed by atoms with Crippen LogP contribution < -0.4 is 10.9 Å². The molecule has 106 valence electrons. The molecular weight excluding hydrogens is 259 g/mol. The van der Waals surface area contributed by atoms with Crippen LogP contribution in [0.3, 0.4) is 0 Å². The molecule has 0 spiro atoms. The van der Waals surface area contributed by atoms with Crippen LogP contribution in [-0.4, -0.2) is 11.8 Å². The molecule has 1 aromatic rings. The molecule has 3 atom stereocenters. The van der Waals surface area contributed by atoms with Crippen molar-refractivity contribution in [3.63, 3.8) is 0 Å². The van der Waals surface area contributed by atoms with Gasteiger partial charge in [0.05, 0.1) is 0 Å². The van der Waals surface area contributed by atoms with E-state index in [9.17, 15) is 14.0 Å². The number of benzene rings is 1. The van der Waals surface area contributed by atoms with E-state index in [4.69, 9.17) is 0 Å². The summed E-state index contributed by atoms with van der Waals surface area (Å²) in [4.78, 5) is 23.8. The highest BCUT2D eigenvalue weighted by Gasteiger charge is 2.43. The Balaban J connectivity index is 1.53. The van der Waals surface area contributed by atoms with Gasteiger partial charge >= 0.3 is 0 Å². The number of nitrogens with one attached hydrogen (secondary N) is 2. The summed E-state index contributed by atoms with van der Waals surface area (Å²) in [5.41, 5.74) is 5.20. The SMILES string of the molecule is O=C(NNC(=O)C1CC2CCC1C2)c1ccc(F)cc1. The van der Waals surface area contributed by atoms with Crippen LogP contribution in [0.15, 0.2) is 24.3 Å². The Labute approximate surface area is 116 Å². The van der Waals surface area contributed by atoms with Gasteiger partial charge in [0, 0.05) is 11.5 Å². The van der Waals surface area contributed by atoms with E-state index in [1.807, 2.05) is 0 Å². The second kappa shape index (κ2) is 5.23. The lowest BCUT2D eigenvalue weighted by molar-refractivity contribution is -0.127. The summed E-state index contributed by atoms with van der Waals surface area (Å²) < 4.78 is 12.8. The Kier molecular flexibility index (Phi) is 3.42. The molecule has 5 heteroatoms. The van der Waals surface area contributed by atoms with Gasteiger partial charge in [-0.3, -0.25) is 20.4 Å². The third kappa shape index (κ3) is 2.53. The summed E-state index contributed by atoms with van der Waals surface area (Å²) in [7, 11) is 0. The second-order valence-corrected chi connectivity index (χ2v) is 5.73. The van der Waals surface area contributed by atoms with E-state index in [2.05, 4.69) is 10.9 Å². The van der Waals surface area contributed by atoms with Gasteiger partial charge in [0.2, 0.25) is 5.91 Å². The predicted octanol–water partition coefficient (Wildman–Crippen LogP) is 2.02. The van der Waals surface area contributed by atoms with Crippen LogP contribution in [0.2, 0.25) is 0 Å². The molecule has 3 rings (SSSR count). The van der Waals surface area contributed by atoms with Crippen LogP contribution in [0.1, 0.15) is 36.0 Å². The summed E-state index contributed by atoms with van der Waals surface area (Å²) in [5.74, 6) is 0.260. The fourth-order valence-corrected chi connectivity index (χ4v) is 3.45. The maximum atomic E-state index is 12.8. The highest BCUT2D eigenvalue weighted by atomic mass is 19.1. The van der Waals surface area contributed by atoms with Gasteiger partial charge in [-0.25, -0.2) is 4.39 Å². The molecule has 2 bridgehead atoms. The predicted molar refractivity (Wildman–Crippen MR) is 70.9 cm³/mol. The maximum absolute atomic E-state index is 12.8. The van der Waals surface area contributed by atoms with Crippen molar-refractivity contribution < 1.29 is 14.0 Å². The number of rotatable bonds is 2. The minimum absolute atomic E-state index is 0.0299. The van der Waals surface area contributed by atoms with E-state index >= 15 is 0 Å². The van der Waals surface area contributed by atoms with Crippen molar-refractivity contribution in [2.75, 3.05) is 0 Å². The molecule has 20 heavy (non-hydrogen) atoms. The highest BCUT2D eigenvalue weighted by molar-refractivity contribution is 5.95. The lowest BCUT2D eigenvalue weighted by Gasteiger charge is -2.20. The standard InChI is InChI=1S/C15H17FN2O2/c16-12-5-3-10(4-6-12)14(19)17-18-15(20)13-8-9-1-2-11(13)7-9/h3-6,9,11,13H,1-2,7-8H2,(H,17,19)(H,18,20). The molecule has 3 unspecified atom stereocenters. The molecule has 2 aliphatic carbocycles. The molecule has 2 aliphatic rings. The van der Waals surface area contributed by atoms with E-state index < -0.39 is 11.7 Å². The first-order valence-corrected chi connectivity index (χ1v) is 6.99. The van der Waals surface area contributed by atoms with Crippen LogP contribution in [0, 0.1) is 23.6 Å². The van der Waals surface area contributed by atoms with Gasteiger partial charge in [0.1, 0.15) is 5.82 Å². The minimum atomic E-state index is -0.429. The van der Waals surface area contributed by atoms with E-state index in [0.29, 0.717) is 17.4 Å². The zero-order valence-electron chi connectivity index (χ0n) is 11.1. The normalized spacial score (nSPS) is 27.4. The summed E-state index contributed by atoms with van der Waals surface area (Å²) in [6.07, 6.45) is 4.43. The number of hydrogen-bond donors (Lipinski definition) is 2. The molecule has 0 aromatic heterocycles. The van der Waals surface area contributed by atoms with Gasteiger partial charge in [0.15, 0.2) is 0 Å². The van der Waals surface area contributed by atoms with Crippen molar-refractivity contribution in [2.45, 2.75) is 25.7 Å². The number of carbonyl (C=O) groups is 2. The average Bonchev–Trinajstić information content (AvgIpc) is 3.08. The Bertz CT molecular complexity index is 529. The third-order valence-electron chi connectivity index (χ3n) is 4.48. The first-order valence-electron chi connectivity index (χ1n) is 6.99. The van der Waals surface area contributed by atoms with E-state index in [-0.39, 0.29) is 11.8 Å². The van der Waals surface area contributed by atoms with Crippen molar-refractivity contribution in [3.8, 4) is 0 Å². The summed E-state index contributed by atoms with van der Waals surface area (Å²) in [5, 5.41) is 0. The molecule has 1 aromatic carbocycles. The Morgan fingerprint density at radius 3 is 2.40 bits per heavy atom. The first kappa shape index (κ1) is 13.1. The van der Waals surface area contributed by atoms with Gasteiger partial charge in [-0.05, 0) is 55.4 Å². The van der Waals surface area contributed by atoms with E-state index in [0.717, 1.165) is 19.3 Å². The van der Waals surface area contributed by atoms with Crippen LogP contribution in [0.4, 0.5) is 4.39 Å². The number of halogens is 1. The second-order valence-electron chi connectivity index (χ2n) is 5.73. The van der Waals surface area contributed by atoms with Gasteiger partial charge < -0.3 is 0 Å².